The van der Waals surface area contributed by atoms with Gasteiger partial charge in [0.15, 0.2) is 0 Å². The zero-order chi connectivity index (χ0) is 24.6. The minimum atomic E-state index is -3.02. The summed E-state index contributed by atoms with van der Waals surface area (Å²) in [6.07, 6.45) is 1.51. The second kappa shape index (κ2) is 9.72. The van der Waals surface area contributed by atoms with Gasteiger partial charge in [0, 0.05) is 24.2 Å². The molecular weight excluding hydrogens is 482 g/mol. The number of likely N-dealkylation sites (N-methyl/N-ethyl adjacent to an activating group) is 1. The van der Waals surface area contributed by atoms with Crippen LogP contribution in [-0.2, 0) is 9.47 Å². The van der Waals surface area contributed by atoms with Crippen LogP contribution in [0.1, 0.15) is 0 Å². The number of methoxy groups -OCH3 is 2. The second-order valence-electron chi connectivity index (χ2n) is 8.52. The molecule has 0 bridgehead atoms. The molecule has 2 unspecified atom stereocenters. The van der Waals surface area contributed by atoms with Crippen molar-refractivity contribution in [3.05, 3.63) is 18.6 Å². The van der Waals surface area contributed by atoms with Crippen molar-refractivity contribution in [2.75, 3.05) is 65.6 Å². The van der Waals surface area contributed by atoms with Crippen LogP contribution < -0.4 is 14.4 Å². The molecule has 2 atom stereocenters. The van der Waals surface area contributed by atoms with Crippen molar-refractivity contribution in [1.82, 2.24) is 24.8 Å². The van der Waals surface area contributed by atoms with E-state index in [1.165, 1.54) is 31.9 Å². The molecule has 13 heteroatoms. The first-order valence-corrected chi connectivity index (χ1v) is 11.9. The van der Waals surface area contributed by atoms with E-state index >= 15 is 0 Å². The summed E-state index contributed by atoms with van der Waals surface area (Å²) >= 11 is 1.38. The highest BCUT2D eigenvalue weighted by atomic mass is 32.1. The normalized spacial score (nSPS) is 22.6. The Bertz CT molecular complexity index is 1200. The van der Waals surface area contributed by atoms with Gasteiger partial charge in [-0.3, -0.25) is 0 Å². The van der Waals surface area contributed by atoms with Gasteiger partial charge < -0.3 is 28.7 Å². The molecule has 0 amide bonds. The highest BCUT2D eigenvalue weighted by Gasteiger charge is 2.50. The summed E-state index contributed by atoms with van der Waals surface area (Å²) in [5.74, 6) is -2.25. The number of rotatable bonds is 7. The summed E-state index contributed by atoms with van der Waals surface area (Å²) in [4.78, 5) is 22.2. The molecule has 3 aromatic rings. The number of anilines is 1. The SMILES string of the molecule is COc1ncc(-c2cc3c(N4CC(OCC5CN(C)CCO5)C(F)(F)C4)ncnc3s2)c(OC)n1. The van der Waals surface area contributed by atoms with Crippen molar-refractivity contribution in [3.63, 3.8) is 0 Å². The maximum Gasteiger partial charge on any atom is 0.319 e. The van der Waals surface area contributed by atoms with E-state index in [2.05, 4.69) is 24.8 Å². The third kappa shape index (κ3) is 4.85. The number of hydrogen-bond donors (Lipinski definition) is 0. The van der Waals surface area contributed by atoms with Gasteiger partial charge in [-0.25, -0.2) is 23.7 Å². The lowest BCUT2D eigenvalue weighted by molar-refractivity contribution is -0.136. The minimum absolute atomic E-state index is 0.0157. The average molecular weight is 509 g/mol. The molecule has 0 radical (unpaired) electrons. The molecular formula is C22H26F2N6O4S. The Kier molecular flexibility index (Phi) is 6.66. The first-order chi connectivity index (χ1) is 16.9. The molecule has 0 aliphatic carbocycles. The predicted octanol–water partition coefficient (Wildman–Crippen LogP) is 2.34. The van der Waals surface area contributed by atoms with Crippen LogP contribution in [0.15, 0.2) is 18.6 Å². The number of thiophene rings is 1. The van der Waals surface area contributed by atoms with Gasteiger partial charge in [0.2, 0.25) is 5.88 Å². The number of aromatic nitrogens is 4. The smallest absolute Gasteiger partial charge is 0.319 e. The first kappa shape index (κ1) is 24.0. The minimum Gasteiger partial charge on any atom is -0.480 e. The molecule has 3 aromatic heterocycles. The van der Waals surface area contributed by atoms with Gasteiger partial charge in [0.05, 0.1) is 57.6 Å². The lowest BCUT2D eigenvalue weighted by Crippen LogP contribution is -2.44. The highest BCUT2D eigenvalue weighted by Crippen LogP contribution is 2.41. The van der Waals surface area contributed by atoms with Crippen molar-refractivity contribution in [3.8, 4) is 22.3 Å². The van der Waals surface area contributed by atoms with Crippen molar-refractivity contribution >= 4 is 27.4 Å². The van der Waals surface area contributed by atoms with Crippen LogP contribution >= 0.6 is 11.3 Å². The fourth-order valence-electron chi connectivity index (χ4n) is 4.28. The third-order valence-electron chi connectivity index (χ3n) is 6.07. The Labute approximate surface area is 204 Å². The molecule has 5 rings (SSSR count). The molecule has 0 N–H and O–H groups in total. The quantitative estimate of drug-likeness (QED) is 0.473. The van der Waals surface area contributed by atoms with Crippen LogP contribution in [0.4, 0.5) is 14.6 Å². The van der Waals surface area contributed by atoms with Crippen LogP contribution in [0.3, 0.4) is 0 Å². The summed E-state index contributed by atoms with van der Waals surface area (Å²) in [6, 6.07) is 2.03. The molecule has 0 saturated carbocycles. The van der Waals surface area contributed by atoms with Gasteiger partial charge in [0.25, 0.3) is 5.92 Å². The molecule has 2 fully saturated rings. The summed E-state index contributed by atoms with van der Waals surface area (Å²) in [6.45, 7) is 1.70. The van der Waals surface area contributed by atoms with Gasteiger partial charge in [-0.1, -0.05) is 0 Å². The van der Waals surface area contributed by atoms with Crippen LogP contribution in [-0.4, -0.2) is 104 Å². The zero-order valence-corrected chi connectivity index (χ0v) is 20.4. The van der Waals surface area contributed by atoms with E-state index in [1.54, 1.807) is 11.1 Å². The number of halogens is 2. The zero-order valence-electron chi connectivity index (χ0n) is 19.6. The Morgan fingerprint density at radius 2 is 2.06 bits per heavy atom. The topological polar surface area (TPSA) is 95.0 Å². The van der Waals surface area contributed by atoms with E-state index in [1.807, 2.05) is 13.1 Å². The Morgan fingerprint density at radius 3 is 2.83 bits per heavy atom. The van der Waals surface area contributed by atoms with Gasteiger partial charge in [-0.05, 0) is 13.1 Å². The summed E-state index contributed by atoms with van der Waals surface area (Å²) in [5.41, 5.74) is 0.646. The van der Waals surface area contributed by atoms with E-state index in [0.717, 1.165) is 11.4 Å². The van der Waals surface area contributed by atoms with E-state index < -0.39 is 18.6 Å². The Morgan fingerprint density at radius 1 is 1.20 bits per heavy atom. The first-order valence-electron chi connectivity index (χ1n) is 11.1. The molecule has 35 heavy (non-hydrogen) atoms. The molecule has 188 valence electrons. The summed E-state index contributed by atoms with van der Waals surface area (Å²) in [7, 11) is 4.95. The van der Waals surface area contributed by atoms with E-state index in [9.17, 15) is 8.78 Å². The number of nitrogens with zero attached hydrogens (tertiary/aromatic N) is 6. The lowest BCUT2D eigenvalue weighted by Gasteiger charge is -2.31. The molecule has 10 nitrogen and oxygen atoms in total. The van der Waals surface area contributed by atoms with Crippen LogP contribution in [0.2, 0.25) is 0 Å². The molecule has 0 aromatic carbocycles. The van der Waals surface area contributed by atoms with Gasteiger partial charge in [-0.15, -0.1) is 11.3 Å². The number of ether oxygens (including phenoxy) is 4. The highest BCUT2D eigenvalue weighted by molar-refractivity contribution is 7.22. The molecule has 0 spiro atoms. The number of hydrogen-bond acceptors (Lipinski definition) is 11. The standard InChI is InChI=1S/C22H26F2N6O4S/c1-29-4-5-33-13(8-29)10-34-17-9-30(11-22(17,23)24)18-14-6-16(35-20(14)27-12-26-18)15-7-25-21(32-3)28-19(15)31-2/h6-7,12-13,17H,4-5,8-11H2,1-3H3. The Balaban J connectivity index is 1.38. The van der Waals surface area contributed by atoms with E-state index in [0.29, 0.717) is 40.6 Å². The average Bonchev–Trinajstić information content (AvgIpc) is 3.42. The van der Waals surface area contributed by atoms with Gasteiger partial charge in [-0.2, -0.15) is 4.98 Å². The maximum absolute atomic E-state index is 14.9. The molecule has 2 aliphatic heterocycles. The van der Waals surface area contributed by atoms with Gasteiger partial charge >= 0.3 is 6.01 Å². The second-order valence-corrected chi connectivity index (χ2v) is 9.56. The summed E-state index contributed by atoms with van der Waals surface area (Å²) < 4.78 is 51.6. The molecule has 2 aliphatic rings. The predicted molar refractivity (Wildman–Crippen MR) is 126 cm³/mol. The lowest BCUT2D eigenvalue weighted by atomic mass is 10.2. The number of fused-ring (bicyclic) bond motifs is 1. The summed E-state index contributed by atoms with van der Waals surface area (Å²) in [5, 5.41) is 0.666. The van der Waals surface area contributed by atoms with Crippen molar-refractivity contribution in [1.29, 1.82) is 0 Å². The monoisotopic (exact) mass is 508 g/mol. The fourth-order valence-corrected chi connectivity index (χ4v) is 5.28. The number of morpholine rings is 1. The largest absolute Gasteiger partial charge is 0.480 e. The maximum atomic E-state index is 14.9. The van der Waals surface area contributed by atoms with Gasteiger partial charge in [0.1, 0.15) is 23.1 Å². The van der Waals surface area contributed by atoms with Crippen molar-refractivity contribution in [2.24, 2.45) is 0 Å². The van der Waals surface area contributed by atoms with E-state index in [-0.39, 0.29) is 25.3 Å². The van der Waals surface area contributed by atoms with Crippen LogP contribution in [0.25, 0.3) is 20.7 Å². The van der Waals surface area contributed by atoms with Crippen LogP contribution in [0, 0.1) is 0 Å². The molecule has 2 saturated heterocycles. The molecule has 5 heterocycles. The number of alkyl halides is 2. The fraction of sp³-hybridized carbons (Fsp3) is 0.545. The van der Waals surface area contributed by atoms with Crippen molar-refractivity contribution in [2.45, 2.75) is 18.1 Å². The van der Waals surface area contributed by atoms with Crippen LogP contribution in [0.5, 0.6) is 11.9 Å². The Hall–Kier alpha value is -2.74. The van der Waals surface area contributed by atoms with E-state index in [4.69, 9.17) is 18.9 Å². The van der Waals surface area contributed by atoms with Crippen molar-refractivity contribution < 1.29 is 27.7 Å². The third-order valence-corrected chi connectivity index (χ3v) is 7.14.